The number of nitrogens with zero attached hydrogens (tertiary/aromatic N) is 6. The molecule has 1 unspecified atom stereocenters. The number of likely N-dealkylation sites (tertiary alicyclic amines) is 1. The highest BCUT2D eigenvalue weighted by molar-refractivity contribution is 5.96. The number of amides is 1. The van der Waals surface area contributed by atoms with E-state index in [-0.39, 0.29) is 36.8 Å². The molecule has 1 saturated heterocycles. The van der Waals surface area contributed by atoms with Gasteiger partial charge in [-0.3, -0.25) is 23.8 Å². The Balaban J connectivity index is 1.60. The fraction of sp³-hybridized carbons (Fsp3) is 0.296. The Bertz CT molecular complexity index is 1580. The van der Waals surface area contributed by atoms with Crippen LogP contribution in [0.4, 0.5) is 13.2 Å². The number of benzene rings is 1. The Kier molecular flexibility index (Phi) is 6.94. The molecule has 1 N–H and O–H groups in total. The van der Waals surface area contributed by atoms with E-state index in [1.807, 2.05) is 0 Å². The van der Waals surface area contributed by atoms with E-state index in [1.165, 1.54) is 26.4 Å². The fourth-order valence-corrected chi connectivity index (χ4v) is 5.05. The summed E-state index contributed by atoms with van der Waals surface area (Å²) < 4.78 is 44.3. The number of aryl methyl sites for hydroxylation is 1. The number of carbonyl (C=O) groups excluding carboxylic acids is 1. The molecule has 9 nitrogen and oxygen atoms in total. The van der Waals surface area contributed by atoms with E-state index in [9.17, 15) is 27.9 Å². The molecule has 1 amide bonds. The quantitative estimate of drug-likeness (QED) is 0.401. The minimum absolute atomic E-state index is 0.00604. The van der Waals surface area contributed by atoms with Crippen LogP contribution < -0.4 is 5.56 Å². The summed E-state index contributed by atoms with van der Waals surface area (Å²) in [5, 5.41) is 15.6. The summed E-state index contributed by atoms with van der Waals surface area (Å²) in [6.07, 6.45) is 4.87. The average molecular weight is 539 g/mol. The largest absolute Gasteiger partial charge is 0.494 e. The molecule has 202 valence electrons. The Labute approximate surface area is 221 Å². The fourth-order valence-electron chi connectivity index (χ4n) is 5.05. The Morgan fingerprint density at radius 2 is 1.87 bits per heavy atom. The van der Waals surface area contributed by atoms with Crippen molar-refractivity contribution < 1.29 is 23.1 Å². The van der Waals surface area contributed by atoms with Gasteiger partial charge in [-0.25, -0.2) is 13.2 Å². The number of halogens is 3. The zero-order chi connectivity index (χ0) is 27.8. The van der Waals surface area contributed by atoms with E-state index >= 15 is 0 Å². The molecule has 0 saturated carbocycles. The topological polar surface area (TPSA) is 106 Å². The first-order chi connectivity index (χ1) is 18.7. The number of hydrogen-bond acceptors (Lipinski definition) is 6. The van der Waals surface area contributed by atoms with Crippen LogP contribution in [-0.4, -0.2) is 53.3 Å². The number of pyridine rings is 1. The van der Waals surface area contributed by atoms with Crippen molar-refractivity contribution in [3.05, 3.63) is 93.5 Å². The van der Waals surface area contributed by atoms with Gasteiger partial charge in [0.1, 0.15) is 17.5 Å². The number of aromatic hydroxyl groups is 1. The SMILES string of the molecule is CC[C@@H](c1cc(F)cc(F)c1)n1c(-c2cnn(C)c2)nc(=O)c(C(=O)N2CCC(c3ccc(F)cn3)C2)c1O. The van der Waals surface area contributed by atoms with Crippen molar-refractivity contribution in [1.29, 1.82) is 0 Å². The minimum Gasteiger partial charge on any atom is -0.494 e. The van der Waals surface area contributed by atoms with Gasteiger partial charge in [-0.1, -0.05) is 6.92 Å². The lowest BCUT2D eigenvalue weighted by atomic mass is 10.0. The lowest BCUT2D eigenvalue weighted by Gasteiger charge is -2.26. The monoisotopic (exact) mass is 538 g/mol. The minimum atomic E-state index is -0.948. The Morgan fingerprint density at radius 1 is 1.13 bits per heavy atom. The van der Waals surface area contributed by atoms with Gasteiger partial charge in [-0.05, 0) is 42.7 Å². The van der Waals surface area contributed by atoms with Gasteiger partial charge < -0.3 is 10.0 Å². The lowest BCUT2D eigenvalue weighted by Crippen LogP contribution is -2.35. The van der Waals surface area contributed by atoms with Gasteiger partial charge in [0.2, 0.25) is 5.88 Å². The van der Waals surface area contributed by atoms with Crippen LogP contribution in [0.2, 0.25) is 0 Å². The highest BCUT2D eigenvalue weighted by Crippen LogP contribution is 2.35. The molecule has 1 aliphatic heterocycles. The molecule has 5 rings (SSSR count). The molecule has 12 heteroatoms. The third kappa shape index (κ3) is 5.01. The van der Waals surface area contributed by atoms with Crippen LogP contribution in [-0.2, 0) is 7.05 Å². The van der Waals surface area contributed by atoms with Crippen LogP contribution in [0.15, 0.2) is 53.7 Å². The molecule has 1 aliphatic rings. The van der Waals surface area contributed by atoms with E-state index in [0.717, 1.165) is 24.4 Å². The first-order valence-electron chi connectivity index (χ1n) is 12.4. The Morgan fingerprint density at radius 3 is 2.49 bits per heavy atom. The molecule has 4 heterocycles. The molecule has 0 aliphatic carbocycles. The van der Waals surface area contributed by atoms with E-state index < -0.39 is 46.4 Å². The molecule has 0 spiro atoms. The highest BCUT2D eigenvalue weighted by atomic mass is 19.1. The van der Waals surface area contributed by atoms with E-state index in [2.05, 4.69) is 15.1 Å². The van der Waals surface area contributed by atoms with Gasteiger partial charge in [0.25, 0.3) is 11.5 Å². The van der Waals surface area contributed by atoms with E-state index in [0.29, 0.717) is 17.7 Å². The van der Waals surface area contributed by atoms with Crippen LogP contribution in [0, 0.1) is 17.5 Å². The molecular weight excluding hydrogens is 513 g/mol. The summed E-state index contributed by atoms with van der Waals surface area (Å²) in [4.78, 5) is 36.4. The number of carbonyl (C=O) groups is 1. The third-order valence-electron chi connectivity index (χ3n) is 6.89. The van der Waals surface area contributed by atoms with Gasteiger partial charge in [0, 0.05) is 44.0 Å². The van der Waals surface area contributed by atoms with Crippen molar-refractivity contribution in [3.8, 4) is 17.3 Å². The zero-order valence-corrected chi connectivity index (χ0v) is 21.2. The predicted molar refractivity (Wildman–Crippen MR) is 135 cm³/mol. The van der Waals surface area contributed by atoms with Crippen LogP contribution in [0.25, 0.3) is 11.4 Å². The van der Waals surface area contributed by atoms with E-state index in [4.69, 9.17) is 0 Å². The summed E-state index contributed by atoms with van der Waals surface area (Å²) in [7, 11) is 1.66. The molecule has 3 aromatic heterocycles. The summed E-state index contributed by atoms with van der Waals surface area (Å²) >= 11 is 0. The standard InChI is InChI=1S/C27H25F3N6O3/c1-3-22(16-8-19(29)10-20(30)9-16)36-24(17-11-32-34(2)13-17)33-25(37)23(27(36)39)26(38)35-7-6-15(14-35)21-5-4-18(28)12-31-21/h4-5,8-13,15,22,39H,3,6-7,14H2,1-2H3/t15?,22-/m0/s1. The van der Waals surface area contributed by atoms with Crippen molar-refractivity contribution in [2.24, 2.45) is 7.05 Å². The molecule has 1 fully saturated rings. The molecule has 0 bridgehead atoms. The second-order valence-corrected chi connectivity index (χ2v) is 9.48. The molecule has 39 heavy (non-hydrogen) atoms. The molecule has 0 radical (unpaired) electrons. The summed E-state index contributed by atoms with van der Waals surface area (Å²) in [5.74, 6) is -3.69. The summed E-state index contributed by atoms with van der Waals surface area (Å²) in [6.45, 7) is 2.21. The maximum absolute atomic E-state index is 14.2. The predicted octanol–water partition coefficient (Wildman–Crippen LogP) is 3.79. The summed E-state index contributed by atoms with van der Waals surface area (Å²) in [6, 6.07) is 4.95. The average Bonchev–Trinajstić information content (AvgIpc) is 3.55. The molecular formula is C27H25F3N6O3. The first-order valence-corrected chi connectivity index (χ1v) is 12.4. The van der Waals surface area contributed by atoms with Crippen molar-refractivity contribution in [2.75, 3.05) is 13.1 Å². The van der Waals surface area contributed by atoms with Gasteiger partial charge in [0.15, 0.2) is 11.4 Å². The maximum atomic E-state index is 14.2. The second-order valence-electron chi connectivity index (χ2n) is 9.48. The molecule has 4 aromatic rings. The summed E-state index contributed by atoms with van der Waals surface area (Å²) in [5.41, 5.74) is -0.342. The third-order valence-corrected chi connectivity index (χ3v) is 6.89. The van der Waals surface area contributed by atoms with Gasteiger partial charge in [-0.15, -0.1) is 0 Å². The molecule has 2 atom stereocenters. The Hall–Kier alpha value is -4.48. The van der Waals surface area contributed by atoms with Gasteiger partial charge >= 0.3 is 0 Å². The van der Waals surface area contributed by atoms with Crippen molar-refractivity contribution in [3.63, 3.8) is 0 Å². The van der Waals surface area contributed by atoms with Crippen LogP contribution in [0.1, 0.15) is 53.3 Å². The highest BCUT2D eigenvalue weighted by Gasteiger charge is 2.34. The number of hydrogen-bond donors (Lipinski definition) is 1. The van der Waals surface area contributed by atoms with Crippen molar-refractivity contribution in [2.45, 2.75) is 31.7 Å². The second kappa shape index (κ2) is 10.4. The molecule has 1 aromatic carbocycles. The number of rotatable bonds is 6. The van der Waals surface area contributed by atoms with E-state index in [1.54, 1.807) is 26.2 Å². The van der Waals surface area contributed by atoms with Crippen LogP contribution >= 0.6 is 0 Å². The first kappa shape index (κ1) is 26.1. The van der Waals surface area contributed by atoms with Gasteiger partial charge in [-0.2, -0.15) is 10.1 Å². The van der Waals surface area contributed by atoms with Gasteiger partial charge in [0.05, 0.1) is 24.0 Å². The normalized spacial score (nSPS) is 16.0. The lowest BCUT2D eigenvalue weighted by molar-refractivity contribution is 0.0783. The maximum Gasteiger partial charge on any atom is 0.290 e. The van der Waals surface area contributed by atoms with Crippen molar-refractivity contribution >= 4 is 5.91 Å². The van der Waals surface area contributed by atoms with Crippen LogP contribution in [0.3, 0.4) is 0 Å². The number of aromatic nitrogens is 5. The smallest absolute Gasteiger partial charge is 0.290 e. The zero-order valence-electron chi connectivity index (χ0n) is 21.2. The van der Waals surface area contributed by atoms with Crippen LogP contribution in [0.5, 0.6) is 5.88 Å². The van der Waals surface area contributed by atoms with Crippen molar-refractivity contribution in [1.82, 2.24) is 29.2 Å².